The first kappa shape index (κ1) is 22.7. The zero-order valence-electron chi connectivity index (χ0n) is 18.9. The van der Waals surface area contributed by atoms with Crippen LogP contribution in [0.4, 0.5) is 10.5 Å². The van der Waals surface area contributed by atoms with Gasteiger partial charge in [0.05, 0.1) is 11.6 Å². The van der Waals surface area contributed by atoms with Crippen molar-refractivity contribution in [1.29, 1.82) is 0 Å². The van der Waals surface area contributed by atoms with E-state index in [1.165, 1.54) is 0 Å². The maximum atomic E-state index is 13.0. The summed E-state index contributed by atoms with van der Waals surface area (Å²) in [6, 6.07) is 17.7. The second-order valence-electron chi connectivity index (χ2n) is 9.23. The molecule has 3 N–H and O–H groups in total. The molecule has 2 aromatic carbocycles. The minimum absolute atomic E-state index is 0.0713. The van der Waals surface area contributed by atoms with Gasteiger partial charge in [-0.2, -0.15) is 0 Å². The Kier molecular flexibility index (Phi) is 7.21. The molecule has 1 saturated heterocycles. The fourth-order valence-electron chi connectivity index (χ4n) is 3.87. The Bertz CT molecular complexity index is 884. The first-order valence-electron chi connectivity index (χ1n) is 11.0. The van der Waals surface area contributed by atoms with Crippen molar-refractivity contribution in [2.24, 2.45) is 0 Å². The zero-order chi connectivity index (χ0) is 22.4. The van der Waals surface area contributed by atoms with Gasteiger partial charge in [0, 0.05) is 30.4 Å². The summed E-state index contributed by atoms with van der Waals surface area (Å²) in [4.78, 5) is 27.4. The Morgan fingerprint density at radius 1 is 0.968 bits per heavy atom. The zero-order valence-corrected chi connectivity index (χ0v) is 18.9. The lowest BCUT2D eigenvalue weighted by Gasteiger charge is -2.35. The van der Waals surface area contributed by atoms with Crippen molar-refractivity contribution in [3.05, 3.63) is 65.7 Å². The van der Waals surface area contributed by atoms with Crippen molar-refractivity contribution in [2.45, 2.75) is 58.2 Å². The van der Waals surface area contributed by atoms with Crippen LogP contribution in [0.25, 0.3) is 0 Å². The van der Waals surface area contributed by atoms with Gasteiger partial charge in [-0.25, -0.2) is 4.79 Å². The van der Waals surface area contributed by atoms with E-state index in [2.05, 4.69) is 20.9 Å². The van der Waals surface area contributed by atoms with Gasteiger partial charge in [-0.1, -0.05) is 42.5 Å². The molecule has 6 nitrogen and oxygen atoms in total. The average molecular weight is 423 g/mol. The number of carbonyl (C=O) groups is 2. The number of hydrogen-bond donors (Lipinski definition) is 3. The molecule has 2 aromatic rings. The Morgan fingerprint density at radius 3 is 2.23 bits per heavy atom. The van der Waals surface area contributed by atoms with Crippen LogP contribution in [-0.2, 0) is 0 Å². The summed E-state index contributed by atoms with van der Waals surface area (Å²) >= 11 is 0. The van der Waals surface area contributed by atoms with Gasteiger partial charge in [-0.15, -0.1) is 0 Å². The summed E-state index contributed by atoms with van der Waals surface area (Å²) in [5.74, 6) is -0.0724. The third-order valence-corrected chi connectivity index (χ3v) is 5.46. The standard InChI is InChI=1S/C25H34N4O2/c1-18(19-10-6-5-7-11-19)26-23(30)21-12-8-9-13-22(21)29-16-14-20(15-17-29)27-24(31)28-25(2,3)4/h5-13,18,20H,14-17H2,1-4H3,(H,26,30)(H2,27,28,31). The van der Waals surface area contributed by atoms with Crippen molar-refractivity contribution >= 4 is 17.6 Å². The van der Waals surface area contributed by atoms with Crippen molar-refractivity contribution < 1.29 is 9.59 Å². The normalized spacial score (nSPS) is 15.8. The summed E-state index contributed by atoms with van der Waals surface area (Å²) < 4.78 is 0. The SMILES string of the molecule is CC(NC(=O)c1ccccc1N1CCC(NC(=O)NC(C)(C)C)CC1)c1ccccc1. The highest BCUT2D eigenvalue weighted by molar-refractivity contribution is 6.00. The van der Waals surface area contributed by atoms with E-state index in [-0.39, 0.29) is 29.6 Å². The number of benzene rings is 2. The van der Waals surface area contributed by atoms with Gasteiger partial charge in [-0.05, 0) is 58.2 Å². The van der Waals surface area contributed by atoms with Gasteiger partial charge < -0.3 is 20.9 Å². The molecule has 1 atom stereocenters. The quantitative estimate of drug-likeness (QED) is 0.675. The van der Waals surface area contributed by atoms with Crippen LogP contribution in [-0.4, -0.2) is 36.6 Å². The van der Waals surface area contributed by atoms with Crippen molar-refractivity contribution in [1.82, 2.24) is 16.0 Å². The Labute approximate surface area is 185 Å². The number of nitrogens with zero attached hydrogens (tertiary/aromatic N) is 1. The highest BCUT2D eigenvalue weighted by Gasteiger charge is 2.25. The maximum absolute atomic E-state index is 13.0. The van der Waals surface area contributed by atoms with E-state index in [4.69, 9.17) is 0 Å². The van der Waals surface area contributed by atoms with E-state index in [1.54, 1.807) is 0 Å². The second-order valence-corrected chi connectivity index (χ2v) is 9.23. The molecule has 1 heterocycles. The number of amides is 3. The Balaban J connectivity index is 1.61. The molecule has 6 heteroatoms. The maximum Gasteiger partial charge on any atom is 0.315 e. The van der Waals surface area contributed by atoms with Crippen LogP contribution in [0.2, 0.25) is 0 Å². The van der Waals surface area contributed by atoms with Crippen LogP contribution in [0.1, 0.15) is 62.5 Å². The lowest BCUT2D eigenvalue weighted by atomic mass is 10.0. The minimum atomic E-state index is -0.256. The largest absolute Gasteiger partial charge is 0.371 e. The Morgan fingerprint density at radius 2 is 1.58 bits per heavy atom. The van der Waals surface area contributed by atoms with E-state index in [1.807, 2.05) is 82.3 Å². The predicted octanol–water partition coefficient (Wildman–Crippen LogP) is 4.24. The number of anilines is 1. The smallest absolute Gasteiger partial charge is 0.315 e. The topological polar surface area (TPSA) is 73.5 Å². The number of rotatable bonds is 5. The number of nitrogens with one attached hydrogen (secondary N) is 3. The van der Waals surface area contributed by atoms with E-state index in [9.17, 15) is 9.59 Å². The van der Waals surface area contributed by atoms with Crippen LogP contribution >= 0.6 is 0 Å². The van der Waals surface area contributed by atoms with Gasteiger partial charge in [0.15, 0.2) is 0 Å². The van der Waals surface area contributed by atoms with E-state index in [0.29, 0.717) is 5.56 Å². The molecular formula is C25H34N4O2. The van der Waals surface area contributed by atoms with Crippen LogP contribution < -0.4 is 20.9 Å². The van der Waals surface area contributed by atoms with Crippen molar-refractivity contribution in [3.8, 4) is 0 Å². The molecule has 1 unspecified atom stereocenters. The molecular weight excluding hydrogens is 388 g/mol. The third kappa shape index (κ3) is 6.48. The lowest BCUT2D eigenvalue weighted by Crippen LogP contribution is -2.52. The van der Waals surface area contributed by atoms with Crippen LogP contribution in [0.3, 0.4) is 0 Å². The van der Waals surface area contributed by atoms with Gasteiger partial charge >= 0.3 is 6.03 Å². The number of piperidine rings is 1. The Hall–Kier alpha value is -3.02. The van der Waals surface area contributed by atoms with Gasteiger partial charge in [0.25, 0.3) is 5.91 Å². The molecule has 3 amide bonds. The van der Waals surface area contributed by atoms with E-state index >= 15 is 0 Å². The molecule has 3 rings (SSSR count). The average Bonchev–Trinajstić information content (AvgIpc) is 2.73. The summed E-state index contributed by atoms with van der Waals surface area (Å²) in [5.41, 5.74) is 2.45. The molecule has 0 spiro atoms. The summed E-state index contributed by atoms with van der Waals surface area (Å²) in [6.45, 7) is 9.48. The first-order chi connectivity index (χ1) is 14.7. The number of urea groups is 1. The highest BCUT2D eigenvalue weighted by atomic mass is 16.2. The summed E-state index contributed by atoms with van der Waals surface area (Å²) in [5, 5.41) is 9.14. The molecule has 0 aromatic heterocycles. The number of para-hydroxylation sites is 1. The molecule has 1 fully saturated rings. The van der Waals surface area contributed by atoms with Crippen LogP contribution in [0.15, 0.2) is 54.6 Å². The fraction of sp³-hybridized carbons (Fsp3) is 0.440. The van der Waals surface area contributed by atoms with Crippen molar-refractivity contribution in [2.75, 3.05) is 18.0 Å². The molecule has 1 aliphatic heterocycles. The molecule has 1 aliphatic rings. The molecule has 0 radical (unpaired) electrons. The third-order valence-electron chi connectivity index (χ3n) is 5.46. The van der Waals surface area contributed by atoms with Gasteiger partial charge in [0.2, 0.25) is 0 Å². The predicted molar refractivity (Wildman–Crippen MR) is 125 cm³/mol. The highest BCUT2D eigenvalue weighted by Crippen LogP contribution is 2.25. The van der Waals surface area contributed by atoms with Gasteiger partial charge in [-0.3, -0.25) is 4.79 Å². The molecule has 166 valence electrons. The number of carbonyl (C=O) groups excluding carboxylic acids is 2. The summed E-state index contributed by atoms with van der Waals surface area (Å²) in [6.07, 6.45) is 1.68. The lowest BCUT2D eigenvalue weighted by molar-refractivity contribution is 0.0940. The number of hydrogen-bond acceptors (Lipinski definition) is 3. The molecule has 31 heavy (non-hydrogen) atoms. The second kappa shape index (κ2) is 9.86. The molecule has 0 saturated carbocycles. The van der Waals surface area contributed by atoms with Crippen LogP contribution in [0, 0.1) is 0 Å². The fourth-order valence-corrected chi connectivity index (χ4v) is 3.87. The van der Waals surface area contributed by atoms with Crippen molar-refractivity contribution in [3.63, 3.8) is 0 Å². The molecule has 0 aliphatic carbocycles. The van der Waals surface area contributed by atoms with E-state index < -0.39 is 0 Å². The van der Waals surface area contributed by atoms with E-state index in [0.717, 1.165) is 37.2 Å². The monoisotopic (exact) mass is 422 g/mol. The van der Waals surface area contributed by atoms with Gasteiger partial charge in [0.1, 0.15) is 0 Å². The summed E-state index contributed by atoms with van der Waals surface area (Å²) in [7, 11) is 0. The molecule has 0 bridgehead atoms. The minimum Gasteiger partial charge on any atom is -0.371 e. The first-order valence-corrected chi connectivity index (χ1v) is 11.0. The van der Waals surface area contributed by atoms with Crippen LogP contribution in [0.5, 0.6) is 0 Å².